The normalized spacial score (nSPS) is 12.6. The third kappa shape index (κ3) is 1.93. The van der Waals surface area contributed by atoms with Crippen LogP contribution in [0.1, 0.15) is 18.6 Å². The summed E-state index contributed by atoms with van der Waals surface area (Å²) in [6.07, 6.45) is 3.17. The number of rotatable bonds is 3. The first-order valence-corrected chi connectivity index (χ1v) is 3.62. The molecule has 0 radical (unpaired) electrons. The summed E-state index contributed by atoms with van der Waals surface area (Å²) in [6, 6.07) is 1.84. The Balaban J connectivity index is 2.86. The second kappa shape index (κ2) is 4.04. The van der Waals surface area contributed by atoms with Gasteiger partial charge in [0.15, 0.2) is 0 Å². The molecule has 1 atom stereocenters. The van der Waals surface area contributed by atoms with Crippen LogP contribution in [0.4, 0.5) is 0 Å². The topological polar surface area (TPSA) is 57.4 Å². The van der Waals surface area contributed by atoms with Crippen molar-refractivity contribution in [1.82, 2.24) is 4.98 Å². The molecular weight excluding hydrogens is 156 g/mol. The quantitative estimate of drug-likeness (QED) is 0.685. The van der Waals surface area contributed by atoms with E-state index in [1.54, 1.807) is 19.5 Å². The lowest BCUT2D eigenvalue weighted by Gasteiger charge is -2.08. The van der Waals surface area contributed by atoms with Crippen LogP contribution < -0.4 is 10.6 Å². The van der Waals surface area contributed by atoms with Gasteiger partial charge in [0.05, 0.1) is 13.3 Å². The third-order valence-corrected chi connectivity index (χ3v) is 1.64. The van der Waals surface area contributed by atoms with Crippen molar-refractivity contribution in [2.75, 3.05) is 7.11 Å². The summed E-state index contributed by atoms with van der Waals surface area (Å²) in [5, 5.41) is 0. The fourth-order valence-electron chi connectivity index (χ4n) is 0.848. The molecule has 0 aliphatic carbocycles. The van der Waals surface area contributed by atoms with Crippen molar-refractivity contribution in [3.63, 3.8) is 0 Å². The van der Waals surface area contributed by atoms with E-state index in [4.69, 9.17) is 10.6 Å². The van der Waals surface area contributed by atoms with Crippen molar-refractivity contribution >= 4 is 0 Å². The minimum atomic E-state index is -0.160. The van der Waals surface area contributed by atoms with Crippen LogP contribution in [0.3, 0.4) is 0 Å². The van der Waals surface area contributed by atoms with Crippen LogP contribution in [-0.4, -0.2) is 12.1 Å². The van der Waals surface area contributed by atoms with Gasteiger partial charge in [0, 0.05) is 11.8 Å². The van der Waals surface area contributed by atoms with Crippen LogP contribution in [-0.2, 0) is 4.84 Å². The van der Waals surface area contributed by atoms with Gasteiger partial charge in [-0.05, 0) is 13.0 Å². The molecule has 0 fully saturated rings. The molecule has 0 aliphatic rings. The van der Waals surface area contributed by atoms with Crippen LogP contribution in [0.15, 0.2) is 18.5 Å². The van der Waals surface area contributed by atoms with Crippen LogP contribution >= 0.6 is 0 Å². The highest BCUT2D eigenvalue weighted by Crippen LogP contribution is 2.18. The maximum absolute atomic E-state index is 5.03. The number of methoxy groups -OCH3 is 1. The molecule has 4 heteroatoms. The number of aromatic nitrogens is 1. The molecule has 0 amide bonds. The maximum atomic E-state index is 5.03. The van der Waals surface area contributed by atoms with Crippen molar-refractivity contribution in [3.8, 4) is 5.75 Å². The number of hydrogen-bond acceptors (Lipinski definition) is 4. The van der Waals surface area contributed by atoms with Crippen molar-refractivity contribution in [2.24, 2.45) is 5.90 Å². The van der Waals surface area contributed by atoms with Gasteiger partial charge in [-0.3, -0.25) is 9.82 Å². The molecule has 1 rings (SSSR count). The first-order valence-electron chi connectivity index (χ1n) is 3.62. The molecular formula is C8H12N2O2. The molecule has 0 bridgehead atoms. The highest BCUT2D eigenvalue weighted by atomic mass is 16.6. The lowest BCUT2D eigenvalue weighted by Crippen LogP contribution is -2.05. The minimum absolute atomic E-state index is 0.160. The molecule has 1 heterocycles. The molecule has 0 saturated carbocycles. The van der Waals surface area contributed by atoms with E-state index in [2.05, 4.69) is 9.82 Å². The SMILES string of the molecule is COc1cncc(C(C)ON)c1. The van der Waals surface area contributed by atoms with Gasteiger partial charge in [-0.15, -0.1) is 0 Å². The third-order valence-electron chi connectivity index (χ3n) is 1.64. The Hall–Kier alpha value is -1.13. The van der Waals surface area contributed by atoms with Gasteiger partial charge in [0.25, 0.3) is 0 Å². The molecule has 1 aromatic rings. The van der Waals surface area contributed by atoms with E-state index in [9.17, 15) is 0 Å². The summed E-state index contributed by atoms with van der Waals surface area (Å²) in [5.41, 5.74) is 0.900. The van der Waals surface area contributed by atoms with Crippen LogP contribution in [0.25, 0.3) is 0 Å². The molecule has 0 aromatic carbocycles. The Morgan fingerprint density at radius 3 is 2.83 bits per heavy atom. The maximum Gasteiger partial charge on any atom is 0.137 e. The molecule has 12 heavy (non-hydrogen) atoms. The van der Waals surface area contributed by atoms with E-state index in [1.807, 2.05) is 13.0 Å². The van der Waals surface area contributed by atoms with Gasteiger partial charge in [0.1, 0.15) is 11.9 Å². The smallest absolute Gasteiger partial charge is 0.137 e. The zero-order chi connectivity index (χ0) is 8.97. The van der Waals surface area contributed by atoms with E-state index < -0.39 is 0 Å². The number of ether oxygens (including phenoxy) is 1. The number of hydrogen-bond donors (Lipinski definition) is 1. The highest BCUT2D eigenvalue weighted by Gasteiger charge is 2.05. The summed E-state index contributed by atoms with van der Waals surface area (Å²) >= 11 is 0. The average Bonchev–Trinajstić information content (AvgIpc) is 2.17. The van der Waals surface area contributed by atoms with Gasteiger partial charge < -0.3 is 4.74 Å². The largest absolute Gasteiger partial charge is 0.495 e. The second-order valence-corrected chi connectivity index (χ2v) is 2.44. The Morgan fingerprint density at radius 1 is 1.50 bits per heavy atom. The summed E-state index contributed by atoms with van der Waals surface area (Å²) < 4.78 is 4.99. The molecule has 66 valence electrons. The minimum Gasteiger partial charge on any atom is -0.495 e. The Labute approximate surface area is 71.3 Å². The number of nitrogens with zero attached hydrogens (tertiary/aromatic N) is 1. The highest BCUT2D eigenvalue weighted by molar-refractivity contribution is 5.24. The Bertz CT molecular complexity index is 253. The van der Waals surface area contributed by atoms with Gasteiger partial charge >= 0.3 is 0 Å². The van der Waals surface area contributed by atoms with Crippen molar-refractivity contribution in [3.05, 3.63) is 24.0 Å². The van der Waals surface area contributed by atoms with Gasteiger partial charge in [-0.1, -0.05) is 0 Å². The molecule has 0 spiro atoms. The van der Waals surface area contributed by atoms with Crippen molar-refractivity contribution < 1.29 is 9.57 Å². The van der Waals surface area contributed by atoms with Crippen molar-refractivity contribution in [2.45, 2.75) is 13.0 Å². The first kappa shape index (κ1) is 8.96. The summed E-state index contributed by atoms with van der Waals surface area (Å²) in [7, 11) is 1.59. The van der Waals surface area contributed by atoms with Gasteiger partial charge in [-0.25, -0.2) is 5.90 Å². The van der Waals surface area contributed by atoms with E-state index in [1.165, 1.54) is 0 Å². The molecule has 0 saturated heterocycles. The summed E-state index contributed by atoms with van der Waals surface area (Å²) in [5.74, 6) is 5.73. The van der Waals surface area contributed by atoms with Gasteiger partial charge in [0.2, 0.25) is 0 Å². The Kier molecular flexibility index (Phi) is 3.01. The Morgan fingerprint density at radius 2 is 2.25 bits per heavy atom. The lowest BCUT2D eigenvalue weighted by atomic mass is 10.2. The predicted octanol–water partition coefficient (Wildman–Crippen LogP) is 1.04. The van der Waals surface area contributed by atoms with Crippen LogP contribution in [0.5, 0.6) is 5.75 Å². The van der Waals surface area contributed by atoms with E-state index >= 15 is 0 Å². The van der Waals surface area contributed by atoms with Crippen LogP contribution in [0.2, 0.25) is 0 Å². The molecule has 4 nitrogen and oxygen atoms in total. The summed E-state index contributed by atoms with van der Waals surface area (Å²) in [4.78, 5) is 8.60. The first-order chi connectivity index (χ1) is 5.77. The molecule has 1 unspecified atom stereocenters. The number of pyridine rings is 1. The van der Waals surface area contributed by atoms with Gasteiger partial charge in [-0.2, -0.15) is 0 Å². The molecule has 0 aliphatic heterocycles. The molecule has 1 aromatic heterocycles. The van der Waals surface area contributed by atoms with E-state index in [0.29, 0.717) is 5.75 Å². The fraction of sp³-hybridized carbons (Fsp3) is 0.375. The standard InChI is InChI=1S/C8H12N2O2/c1-6(12-9)7-3-8(11-2)5-10-4-7/h3-6H,9H2,1-2H3. The van der Waals surface area contributed by atoms with Crippen LogP contribution in [0, 0.1) is 0 Å². The van der Waals surface area contributed by atoms with E-state index in [0.717, 1.165) is 5.56 Å². The second-order valence-electron chi connectivity index (χ2n) is 2.44. The average molecular weight is 168 g/mol. The number of nitrogens with two attached hydrogens (primary N) is 1. The monoisotopic (exact) mass is 168 g/mol. The molecule has 2 N–H and O–H groups in total. The fourth-order valence-corrected chi connectivity index (χ4v) is 0.848. The zero-order valence-electron chi connectivity index (χ0n) is 7.15. The predicted molar refractivity (Wildman–Crippen MR) is 44.5 cm³/mol. The summed E-state index contributed by atoms with van der Waals surface area (Å²) in [6.45, 7) is 1.84. The zero-order valence-corrected chi connectivity index (χ0v) is 7.15. The lowest BCUT2D eigenvalue weighted by molar-refractivity contribution is 0.0660. The van der Waals surface area contributed by atoms with Crippen molar-refractivity contribution in [1.29, 1.82) is 0 Å². The van der Waals surface area contributed by atoms with E-state index in [-0.39, 0.29) is 6.10 Å².